The van der Waals surface area contributed by atoms with Crippen LogP contribution in [0, 0.1) is 0 Å². The van der Waals surface area contributed by atoms with Gasteiger partial charge in [-0.25, -0.2) is 0 Å². The number of hydrogen-bond acceptors (Lipinski definition) is 0. The van der Waals surface area contributed by atoms with E-state index < -0.39 is 0 Å². The topological polar surface area (TPSA) is 0 Å². The minimum Gasteiger partial charge on any atom is -0.0755 e. The first-order chi connectivity index (χ1) is 9.33. The maximum Gasteiger partial charge on any atom is 0.0832 e. The van der Waals surface area contributed by atoms with Crippen molar-refractivity contribution < 1.29 is 0 Å². The molecule has 0 aliphatic heterocycles. The fourth-order valence-electron chi connectivity index (χ4n) is 2.92. The average molecular weight is 270 g/mol. The van der Waals surface area contributed by atoms with Gasteiger partial charge in [-0.15, -0.1) is 0 Å². The molecule has 0 amide bonds. The minimum absolute atomic E-state index is 0.226. The molecule has 0 aromatic heterocycles. The number of hydrogen-bond donors (Lipinski definition) is 0. The van der Waals surface area contributed by atoms with Crippen LogP contribution in [0.5, 0.6) is 0 Å². The molecule has 1 aliphatic rings. The second kappa shape index (κ2) is 7.49. The lowest BCUT2D eigenvalue weighted by molar-refractivity contribution is 0.708. The van der Waals surface area contributed by atoms with Crippen LogP contribution in [0.15, 0.2) is 52.8 Å². The quantitative estimate of drug-likeness (QED) is 0.518. The Morgan fingerprint density at radius 1 is 1.05 bits per heavy atom. The van der Waals surface area contributed by atoms with Crippen LogP contribution in [-0.2, 0) is 0 Å². The zero-order valence-corrected chi connectivity index (χ0v) is 13.8. The summed E-state index contributed by atoms with van der Waals surface area (Å²) < 4.78 is 0. The number of benzene rings is 1. The fourth-order valence-corrected chi connectivity index (χ4v) is 4.95. The Kier molecular flexibility index (Phi) is 5.65. The van der Waals surface area contributed by atoms with Crippen molar-refractivity contribution in [3.63, 3.8) is 0 Å². The molecular weight excluding hydrogens is 244 g/mol. The first-order valence-electron chi connectivity index (χ1n) is 7.77. The Bertz CT molecular complexity index is 454. The van der Waals surface area contributed by atoms with Crippen LogP contribution in [0.25, 0.3) is 0 Å². The molecule has 1 aromatic rings. The van der Waals surface area contributed by atoms with E-state index in [1.165, 1.54) is 38.5 Å². The summed E-state index contributed by atoms with van der Waals surface area (Å²) in [7, 11) is -0.226. The van der Waals surface area contributed by atoms with Gasteiger partial charge in [0.25, 0.3) is 0 Å². The molecule has 0 nitrogen and oxygen atoms in total. The van der Waals surface area contributed by atoms with Crippen LogP contribution in [-0.4, -0.2) is 9.52 Å². The second-order valence-corrected chi connectivity index (χ2v) is 7.60. The summed E-state index contributed by atoms with van der Waals surface area (Å²) >= 11 is 0. The molecule has 0 atom stereocenters. The van der Waals surface area contributed by atoms with Crippen LogP contribution in [0.1, 0.15) is 52.4 Å². The Morgan fingerprint density at radius 2 is 1.84 bits per heavy atom. The third-order valence-electron chi connectivity index (χ3n) is 4.02. The van der Waals surface area contributed by atoms with Crippen molar-refractivity contribution in [1.29, 1.82) is 0 Å². The minimum atomic E-state index is -0.226. The lowest BCUT2D eigenvalue weighted by atomic mass is 10.1. The van der Waals surface area contributed by atoms with Gasteiger partial charge in [0.15, 0.2) is 0 Å². The van der Waals surface area contributed by atoms with Crippen molar-refractivity contribution in [3.8, 4) is 0 Å². The largest absolute Gasteiger partial charge is 0.0832 e. The lowest BCUT2D eigenvalue weighted by Crippen LogP contribution is -2.16. The monoisotopic (exact) mass is 270 g/mol. The third kappa shape index (κ3) is 4.21. The van der Waals surface area contributed by atoms with E-state index in [4.69, 9.17) is 0 Å². The van der Waals surface area contributed by atoms with Gasteiger partial charge in [-0.2, -0.15) is 0 Å². The first-order valence-corrected chi connectivity index (χ1v) is 9.19. The first kappa shape index (κ1) is 14.3. The van der Waals surface area contributed by atoms with Crippen LogP contribution in [0.4, 0.5) is 0 Å². The maximum absolute atomic E-state index is 2.51. The highest BCUT2D eigenvalue weighted by molar-refractivity contribution is 6.61. The van der Waals surface area contributed by atoms with Crippen molar-refractivity contribution in [3.05, 3.63) is 52.8 Å². The van der Waals surface area contributed by atoms with E-state index in [2.05, 4.69) is 50.3 Å². The van der Waals surface area contributed by atoms with Gasteiger partial charge < -0.3 is 0 Å². The van der Waals surface area contributed by atoms with Gasteiger partial charge in [0.05, 0.1) is 9.52 Å². The van der Waals surface area contributed by atoms with Crippen LogP contribution in [0.2, 0.25) is 0 Å². The fraction of sp³-hybridized carbons (Fsp3) is 0.444. The summed E-state index contributed by atoms with van der Waals surface area (Å²) in [5.74, 6) is 0. The van der Waals surface area contributed by atoms with Gasteiger partial charge in [-0.3, -0.25) is 0 Å². The molecule has 1 aliphatic carbocycles. The lowest BCUT2D eigenvalue weighted by Gasteiger charge is -2.06. The molecule has 2 rings (SSSR count). The van der Waals surface area contributed by atoms with E-state index in [-0.39, 0.29) is 9.52 Å². The maximum atomic E-state index is 2.51. The molecule has 0 radical (unpaired) electrons. The summed E-state index contributed by atoms with van der Waals surface area (Å²) in [4.78, 5) is 0. The van der Waals surface area contributed by atoms with Crippen molar-refractivity contribution in [1.82, 2.24) is 0 Å². The van der Waals surface area contributed by atoms with Crippen LogP contribution in [0.3, 0.4) is 0 Å². The molecule has 0 heterocycles. The van der Waals surface area contributed by atoms with Gasteiger partial charge in [-0.05, 0) is 25.7 Å². The van der Waals surface area contributed by atoms with Gasteiger partial charge >= 0.3 is 0 Å². The van der Waals surface area contributed by atoms with Crippen molar-refractivity contribution in [2.45, 2.75) is 52.4 Å². The van der Waals surface area contributed by atoms with Crippen molar-refractivity contribution >= 4 is 14.7 Å². The standard InChI is InChI=1S/C18H26Si/c1-3-5-7-10-15-13-16(4-2)18(14-15)19-17-11-8-6-9-12-17/h6,8-9,11-13H,3-5,7,10,14,19H2,1-2H3. The molecule has 0 spiro atoms. The van der Waals surface area contributed by atoms with E-state index in [1.54, 1.807) is 21.5 Å². The van der Waals surface area contributed by atoms with Crippen LogP contribution < -0.4 is 5.19 Å². The molecule has 1 heteroatoms. The highest BCUT2D eigenvalue weighted by Gasteiger charge is 2.15. The highest BCUT2D eigenvalue weighted by Crippen LogP contribution is 2.29. The Balaban J connectivity index is 1.95. The molecule has 102 valence electrons. The smallest absolute Gasteiger partial charge is 0.0755 e. The van der Waals surface area contributed by atoms with E-state index in [9.17, 15) is 0 Å². The van der Waals surface area contributed by atoms with Gasteiger partial charge in [-0.1, -0.05) is 84.6 Å². The SMILES string of the molecule is CCCCCC1=CC(CC)=C([SiH2]c2ccccc2)C1. The second-order valence-electron chi connectivity index (χ2n) is 5.58. The normalized spacial score (nSPS) is 15.6. The third-order valence-corrected chi connectivity index (χ3v) is 6.03. The van der Waals surface area contributed by atoms with E-state index in [1.807, 2.05) is 0 Å². The molecule has 0 fully saturated rings. The number of allylic oxidation sites excluding steroid dienone is 4. The summed E-state index contributed by atoms with van der Waals surface area (Å²) in [6.45, 7) is 4.59. The van der Waals surface area contributed by atoms with Gasteiger partial charge in [0.2, 0.25) is 0 Å². The number of rotatable bonds is 7. The Morgan fingerprint density at radius 3 is 2.53 bits per heavy atom. The summed E-state index contributed by atoms with van der Waals surface area (Å²) in [5.41, 5.74) is 3.35. The number of unbranched alkanes of at least 4 members (excludes halogenated alkanes) is 2. The molecule has 0 unspecified atom stereocenters. The van der Waals surface area contributed by atoms with E-state index in [0.717, 1.165) is 0 Å². The molecule has 0 saturated carbocycles. The van der Waals surface area contributed by atoms with Crippen LogP contribution >= 0.6 is 0 Å². The predicted molar refractivity (Wildman–Crippen MR) is 88.8 cm³/mol. The molecule has 0 saturated heterocycles. The highest BCUT2D eigenvalue weighted by atomic mass is 28.2. The summed E-state index contributed by atoms with van der Waals surface area (Å²) in [5, 5.41) is 3.38. The summed E-state index contributed by atoms with van der Waals surface area (Å²) in [6.07, 6.45) is 10.4. The van der Waals surface area contributed by atoms with Crippen molar-refractivity contribution in [2.24, 2.45) is 0 Å². The molecule has 0 bridgehead atoms. The Hall–Kier alpha value is -1.08. The van der Waals surface area contributed by atoms with E-state index in [0.29, 0.717) is 0 Å². The van der Waals surface area contributed by atoms with Crippen molar-refractivity contribution in [2.75, 3.05) is 0 Å². The molecule has 1 aromatic carbocycles. The molecular formula is C18H26Si. The van der Waals surface area contributed by atoms with Gasteiger partial charge in [0.1, 0.15) is 0 Å². The van der Waals surface area contributed by atoms with Gasteiger partial charge in [0, 0.05) is 0 Å². The zero-order chi connectivity index (χ0) is 13.5. The average Bonchev–Trinajstić information content (AvgIpc) is 2.82. The molecule has 19 heavy (non-hydrogen) atoms. The predicted octanol–water partition coefficient (Wildman–Crippen LogP) is 4.06. The van der Waals surface area contributed by atoms with E-state index >= 15 is 0 Å². The summed E-state index contributed by atoms with van der Waals surface area (Å²) in [6, 6.07) is 11.1. The Labute approximate surface area is 120 Å². The zero-order valence-electron chi connectivity index (χ0n) is 12.4. The molecule has 0 N–H and O–H groups in total.